The summed E-state index contributed by atoms with van der Waals surface area (Å²) in [5, 5.41) is 18.3. The van der Waals surface area contributed by atoms with E-state index in [0.717, 1.165) is 37.7 Å². The van der Waals surface area contributed by atoms with E-state index in [1.165, 1.54) is 0 Å². The topological polar surface area (TPSA) is 69.1 Å². The third-order valence-electron chi connectivity index (χ3n) is 3.33. The molecule has 1 aliphatic heterocycles. The van der Waals surface area contributed by atoms with E-state index in [4.69, 9.17) is 9.84 Å². The number of aliphatic hydroxyl groups is 2. The van der Waals surface area contributed by atoms with Crippen LogP contribution in [0, 0.1) is 0 Å². The van der Waals surface area contributed by atoms with Gasteiger partial charge in [-0.05, 0) is 12.1 Å². The Morgan fingerprint density at radius 3 is 2.58 bits per heavy atom. The smallest absolute Gasteiger partial charge is 0.137 e. The molecule has 6 nitrogen and oxygen atoms in total. The van der Waals surface area contributed by atoms with Crippen molar-refractivity contribution in [2.75, 3.05) is 51.3 Å². The normalized spacial score (nSPS) is 18.4. The van der Waals surface area contributed by atoms with Crippen LogP contribution in [-0.4, -0.2) is 72.6 Å². The van der Waals surface area contributed by atoms with Crippen LogP contribution < -0.4 is 9.64 Å². The second kappa shape index (κ2) is 6.70. The van der Waals surface area contributed by atoms with Crippen molar-refractivity contribution >= 4 is 5.82 Å². The highest BCUT2D eigenvalue weighted by Gasteiger charge is 2.19. The number of methoxy groups -OCH3 is 1. The molecular weight excluding hydrogens is 246 g/mol. The summed E-state index contributed by atoms with van der Waals surface area (Å²) < 4.78 is 5.09. The van der Waals surface area contributed by atoms with E-state index in [2.05, 4.69) is 14.8 Å². The van der Waals surface area contributed by atoms with Crippen LogP contribution in [0.5, 0.6) is 5.75 Å². The SMILES string of the molecule is COc1ccc(N2CCN(C[C@H](O)CO)CC2)nc1. The molecule has 0 unspecified atom stereocenters. The van der Waals surface area contributed by atoms with Crippen molar-refractivity contribution in [3.8, 4) is 5.75 Å². The van der Waals surface area contributed by atoms with Crippen molar-refractivity contribution in [3.05, 3.63) is 18.3 Å². The summed E-state index contributed by atoms with van der Waals surface area (Å²) in [5.74, 6) is 1.71. The molecule has 0 amide bonds. The van der Waals surface area contributed by atoms with E-state index < -0.39 is 6.10 Å². The first kappa shape index (κ1) is 14.0. The third kappa shape index (κ3) is 3.79. The predicted octanol–water partition coefficient (Wildman–Crippen LogP) is -0.435. The molecule has 1 atom stereocenters. The Hall–Kier alpha value is -1.37. The minimum absolute atomic E-state index is 0.180. The van der Waals surface area contributed by atoms with Crippen LogP contribution in [0.25, 0.3) is 0 Å². The maximum atomic E-state index is 9.42. The molecule has 106 valence electrons. The lowest BCUT2D eigenvalue weighted by Crippen LogP contribution is -2.49. The van der Waals surface area contributed by atoms with Crippen molar-refractivity contribution in [2.24, 2.45) is 0 Å². The standard InChI is InChI=1S/C13H21N3O3/c1-19-12-2-3-13(14-8-12)16-6-4-15(5-7-16)9-11(18)10-17/h2-3,8,11,17-18H,4-7,9-10H2,1H3/t11-/m0/s1. The molecule has 0 bridgehead atoms. The number of piperazine rings is 1. The van der Waals surface area contributed by atoms with Gasteiger partial charge in [-0.15, -0.1) is 0 Å². The molecule has 2 heterocycles. The second-order valence-electron chi connectivity index (χ2n) is 4.68. The first-order chi connectivity index (χ1) is 9.22. The molecule has 19 heavy (non-hydrogen) atoms. The molecule has 0 aliphatic carbocycles. The maximum Gasteiger partial charge on any atom is 0.137 e. The highest BCUT2D eigenvalue weighted by molar-refractivity contribution is 5.41. The summed E-state index contributed by atoms with van der Waals surface area (Å²) in [6, 6.07) is 3.86. The van der Waals surface area contributed by atoms with E-state index in [0.29, 0.717) is 6.54 Å². The molecule has 0 saturated carbocycles. The molecule has 1 aliphatic rings. The van der Waals surface area contributed by atoms with Gasteiger partial charge in [0.2, 0.25) is 0 Å². The average Bonchev–Trinajstić information content (AvgIpc) is 2.48. The highest BCUT2D eigenvalue weighted by Crippen LogP contribution is 2.17. The van der Waals surface area contributed by atoms with Crippen molar-refractivity contribution < 1.29 is 14.9 Å². The lowest BCUT2D eigenvalue weighted by Gasteiger charge is -2.36. The van der Waals surface area contributed by atoms with Gasteiger partial charge in [0.05, 0.1) is 26.0 Å². The molecule has 1 aromatic heterocycles. The number of pyridine rings is 1. The number of anilines is 1. The quantitative estimate of drug-likeness (QED) is 0.754. The van der Waals surface area contributed by atoms with Gasteiger partial charge in [0.25, 0.3) is 0 Å². The highest BCUT2D eigenvalue weighted by atomic mass is 16.5. The van der Waals surface area contributed by atoms with Gasteiger partial charge < -0.3 is 19.8 Å². The average molecular weight is 267 g/mol. The minimum Gasteiger partial charge on any atom is -0.495 e. The fourth-order valence-electron chi connectivity index (χ4n) is 2.20. The van der Waals surface area contributed by atoms with Crippen LogP contribution in [-0.2, 0) is 0 Å². The van der Waals surface area contributed by atoms with Crippen molar-refractivity contribution in [2.45, 2.75) is 6.10 Å². The van der Waals surface area contributed by atoms with Gasteiger partial charge >= 0.3 is 0 Å². The number of aromatic nitrogens is 1. The van der Waals surface area contributed by atoms with E-state index in [9.17, 15) is 5.11 Å². The van der Waals surface area contributed by atoms with Crippen LogP contribution in [0.4, 0.5) is 5.82 Å². The number of hydrogen-bond acceptors (Lipinski definition) is 6. The van der Waals surface area contributed by atoms with Gasteiger partial charge in [0.15, 0.2) is 0 Å². The van der Waals surface area contributed by atoms with Crippen molar-refractivity contribution in [1.82, 2.24) is 9.88 Å². The first-order valence-electron chi connectivity index (χ1n) is 6.49. The Labute approximate surface area is 113 Å². The lowest BCUT2D eigenvalue weighted by molar-refractivity contribution is 0.0574. The Morgan fingerprint density at radius 1 is 1.32 bits per heavy atom. The zero-order valence-corrected chi connectivity index (χ0v) is 11.2. The largest absolute Gasteiger partial charge is 0.495 e. The molecule has 0 spiro atoms. The lowest BCUT2D eigenvalue weighted by atomic mass is 10.2. The van der Waals surface area contributed by atoms with Crippen LogP contribution in [0.1, 0.15) is 0 Å². The molecule has 1 aromatic rings. The summed E-state index contributed by atoms with van der Waals surface area (Å²) in [6.07, 6.45) is 1.07. The number of rotatable bonds is 5. The van der Waals surface area contributed by atoms with E-state index in [1.807, 2.05) is 12.1 Å². The minimum atomic E-state index is -0.648. The number of ether oxygens (including phenoxy) is 1. The van der Waals surface area contributed by atoms with Crippen LogP contribution in [0.3, 0.4) is 0 Å². The summed E-state index contributed by atoms with van der Waals surface area (Å²) >= 11 is 0. The first-order valence-corrected chi connectivity index (χ1v) is 6.49. The number of aliphatic hydroxyl groups excluding tert-OH is 2. The number of nitrogens with zero attached hydrogens (tertiary/aromatic N) is 3. The summed E-state index contributed by atoms with van der Waals surface area (Å²) in [6.45, 7) is 3.82. The molecule has 0 aromatic carbocycles. The van der Waals surface area contributed by atoms with Crippen molar-refractivity contribution in [1.29, 1.82) is 0 Å². The maximum absolute atomic E-state index is 9.42. The van der Waals surface area contributed by atoms with E-state index in [1.54, 1.807) is 13.3 Å². The van der Waals surface area contributed by atoms with Gasteiger partial charge in [-0.1, -0.05) is 0 Å². The number of hydrogen-bond donors (Lipinski definition) is 2. The van der Waals surface area contributed by atoms with E-state index in [-0.39, 0.29) is 6.61 Å². The molecule has 2 N–H and O–H groups in total. The summed E-state index contributed by atoms with van der Waals surface area (Å²) in [4.78, 5) is 8.73. The monoisotopic (exact) mass is 267 g/mol. The fraction of sp³-hybridized carbons (Fsp3) is 0.615. The molecule has 2 rings (SSSR count). The van der Waals surface area contributed by atoms with Gasteiger partial charge in [0, 0.05) is 32.7 Å². The Balaban J connectivity index is 1.85. The Kier molecular flexibility index (Phi) is 4.95. The summed E-state index contributed by atoms with van der Waals surface area (Å²) in [5.41, 5.74) is 0. The van der Waals surface area contributed by atoms with Crippen LogP contribution in [0.15, 0.2) is 18.3 Å². The molecule has 6 heteroatoms. The molecular formula is C13H21N3O3. The van der Waals surface area contributed by atoms with Gasteiger partial charge in [-0.2, -0.15) is 0 Å². The van der Waals surface area contributed by atoms with E-state index >= 15 is 0 Å². The molecule has 1 fully saturated rings. The van der Waals surface area contributed by atoms with Crippen molar-refractivity contribution in [3.63, 3.8) is 0 Å². The summed E-state index contributed by atoms with van der Waals surface area (Å²) in [7, 11) is 1.63. The van der Waals surface area contributed by atoms with Gasteiger partial charge in [-0.3, -0.25) is 4.90 Å². The fourth-order valence-corrected chi connectivity index (χ4v) is 2.20. The van der Waals surface area contributed by atoms with Gasteiger partial charge in [0.1, 0.15) is 11.6 Å². The Morgan fingerprint density at radius 2 is 2.05 bits per heavy atom. The van der Waals surface area contributed by atoms with Gasteiger partial charge in [-0.25, -0.2) is 4.98 Å². The third-order valence-corrected chi connectivity index (χ3v) is 3.33. The van der Waals surface area contributed by atoms with Crippen LogP contribution >= 0.6 is 0 Å². The molecule has 1 saturated heterocycles. The zero-order valence-electron chi connectivity index (χ0n) is 11.2. The Bertz CT molecular complexity index is 377. The van der Waals surface area contributed by atoms with Crippen LogP contribution in [0.2, 0.25) is 0 Å². The predicted molar refractivity (Wildman–Crippen MR) is 72.5 cm³/mol. The second-order valence-corrected chi connectivity index (χ2v) is 4.68. The zero-order chi connectivity index (χ0) is 13.7. The molecule has 0 radical (unpaired) electrons. The number of β-amino-alcohol motifs (C(OH)–C–C–N with tert-alkyl or cyclic N) is 1.